The van der Waals surface area contributed by atoms with Gasteiger partial charge in [-0.25, -0.2) is 12.8 Å². The van der Waals surface area contributed by atoms with Crippen LogP contribution in [0, 0.1) is 17.7 Å². The van der Waals surface area contributed by atoms with E-state index in [1.807, 2.05) is 0 Å². The maximum absolute atomic E-state index is 14.0. The second kappa shape index (κ2) is 10.2. The van der Waals surface area contributed by atoms with Gasteiger partial charge in [0.1, 0.15) is 5.82 Å². The summed E-state index contributed by atoms with van der Waals surface area (Å²) in [7, 11) is -3.50. The van der Waals surface area contributed by atoms with Crippen molar-refractivity contribution in [2.24, 2.45) is 11.8 Å². The number of hydrogen-bond donors (Lipinski definition) is 2. The van der Waals surface area contributed by atoms with Crippen molar-refractivity contribution in [1.82, 2.24) is 5.32 Å². The largest absolute Gasteiger partial charge is 0.322 e. The smallest absolute Gasteiger partial charge is 0.238 e. The highest BCUT2D eigenvalue weighted by Crippen LogP contribution is 2.23. The van der Waals surface area contributed by atoms with Gasteiger partial charge in [-0.1, -0.05) is 52.0 Å². The first-order chi connectivity index (χ1) is 14.0. The lowest BCUT2D eigenvalue weighted by Crippen LogP contribution is -2.33. The first-order valence-corrected chi connectivity index (χ1v) is 12.0. The molecule has 0 bridgehead atoms. The van der Waals surface area contributed by atoms with Gasteiger partial charge in [0.2, 0.25) is 5.91 Å². The number of halogens is 1. The Morgan fingerprint density at radius 1 is 1.03 bits per heavy atom. The molecule has 0 radical (unpaired) electrons. The molecule has 0 aliphatic carbocycles. The molecule has 1 atom stereocenters. The highest BCUT2D eigenvalue weighted by molar-refractivity contribution is 7.90. The van der Waals surface area contributed by atoms with Crippen LogP contribution in [0.1, 0.15) is 44.9 Å². The number of nitrogens with one attached hydrogen (secondary N) is 2. The van der Waals surface area contributed by atoms with Crippen molar-refractivity contribution in [1.29, 1.82) is 0 Å². The van der Waals surface area contributed by atoms with E-state index in [2.05, 4.69) is 62.6 Å². The summed E-state index contributed by atoms with van der Waals surface area (Å²) < 4.78 is 37.3. The van der Waals surface area contributed by atoms with Gasteiger partial charge in [-0.3, -0.25) is 4.79 Å². The summed E-state index contributed by atoms with van der Waals surface area (Å²) in [6.07, 6.45) is 2.05. The number of rotatable bonds is 9. The van der Waals surface area contributed by atoms with Crippen LogP contribution in [0.15, 0.2) is 47.4 Å². The Labute approximate surface area is 179 Å². The predicted molar refractivity (Wildman–Crippen MR) is 119 cm³/mol. The summed E-state index contributed by atoms with van der Waals surface area (Å²) >= 11 is 0. The van der Waals surface area contributed by atoms with Gasteiger partial charge < -0.3 is 10.6 Å². The third kappa shape index (κ3) is 6.92. The topological polar surface area (TPSA) is 75.3 Å². The average Bonchev–Trinajstić information content (AvgIpc) is 2.63. The fourth-order valence-electron chi connectivity index (χ4n) is 3.30. The third-order valence-corrected chi connectivity index (χ3v) is 5.88. The molecular weight excluding hydrogens is 403 g/mol. The lowest BCUT2D eigenvalue weighted by molar-refractivity contribution is -0.115. The molecule has 0 aliphatic rings. The third-order valence-electron chi connectivity index (χ3n) is 4.77. The summed E-state index contributed by atoms with van der Waals surface area (Å²) in [5.74, 6) is -0.308. The molecule has 2 aromatic rings. The van der Waals surface area contributed by atoms with E-state index in [-0.39, 0.29) is 29.1 Å². The van der Waals surface area contributed by atoms with Crippen molar-refractivity contribution in [2.45, 2.75) is 45.1 Å². The number of amides is 1. The number of hydrogen-bond acceptors (Lipinski definition) is 4. The molecule has 2 rings (SSSR count). The van der Waals surface area contributed by atoms with Crippen molar-refractivity contribution in [3.05, 3.63) is 59.4 Å². The molecule has 2 N–H and O–H groups in total. The van der Waals surface area contributed by atoms with Crippen molar-refractivity contribution in [3.63, 3.8) is 0 Å². The van der Waals surface area contributed by atoms with Crippen molar-refractivity contribution in [2.75, 3.05) is 18.1 Å². The highest BCUT2D eigenvalue weighted by atomic mass is 32.2. The molecule has 0 aromatic heterocycles. The van der Waals surface area contributed by atoms with Crippen molar-refractivity contribution >= 4 is 21.4 Å². The van der Waals surface area contributed by atoms with Gasteiger partial charge >= 0.3 is 0 Å². The van der Waals surface area contributed by atoms with Crippen LogP contribution in [0.3, 0.4) is 0 Å². The van der Waals surface area contributed by atoms with Crippen LogP contribution in [0.5, 0.6) is 0 Å². The quantitative estimate of drug-likeness (QED) is 0.575. The van der Waals surface area contributed by atoms with Crippen LogP contribution in [-0.4, -0.2) is 27.1 Å². The molecule has 7 heteroatoms. The SMILES string of the molecule is CC(C)Cc1ccc([C@H](NCC(=O)Nc2cc(S(C)(=O)=O)ccc2F)C(C)C)cc1. The van der Waals surface area contributed by atoms with Crippen molar-refractivity contribution < 1.29 is 17.6 Å². The molecular formula is C23H31FN2O3S. The zero-order valence-corrected chi connectivity index (χ0v) is 19.0. The summed E-state index contributed by atoms with van der Waals surface area (Å²) in [4.78, 5) is 12.3. The Morgan fingerprint density at radius 2 is 1.67 bits per heavy atom. The minimum Gasteiger partial charge on any atom is -0.322 e. The van der Waals surface area contributed by atoms with Gasteiger partial charge in [-0.15, -0.1) is 0 Å². The van der Waals surface area contributed by atoms with Crippen LogP contribution < -0.4 is 10.6 Å². The fourth-order valence-corrected chi connectivity index (χ4v) is 3.95. The molecule has 30 heavy (non-hydrogen) atoms. The molecule has 5 nitrogen and oxygen atoms in total. The Morgan fingerprint density at radius 3 is 2.20 bits per heavy atom. The van der Waals surface area contributed by atoms with E-state index < -0.39 is 21.6 Å². The van der Waals surface area contributed by atoms with Gasteiger partial charge in [0.15, 0.2) is 9.84 Å². The lowest BCUT2D eigenvalue weighted by atomic mass is 9.93. The molecule has 1 amide bonds. The predicted octanol–water partition coefficient (Wildman–Crippen LogP) is 4.35. The van der Waals surface area contributed by atoms with Gasteiger partial charge in [0, 0.05) is 12.3 Å². The zero-order valence-electron chi connectivity index (χ0n) is 18.2. The number of sulfone groups is 1. The van der Waals surface area contributed by atoms with E-state index in [9.17, 15) is 17.6 Å². The number of anilines is 1. The standard InChI is InChI=1S/C23H31FN2O3S/c1-15(2)12-17-6-8-18(9-7-17)23(16(3)4)25-14-22(27)26-21-13-19(30(5,28)29)10-11-20(21)24/h6-11,13,15-16,23,25H,12,14H2,1-5H3,(H,26,27)/t23-/m1/s1. The van der Waals surface area contributed by atoms with Crippen LogP contribution in [0.2, 0.25) is 0 Å². The first-order valence-electron chi connectivity index (χ1n) is 10.1. The normalized spacial score (nSPS) is 12.9. The van der Waals surface area contributed by atoms with E-state index >= 15 is 0 Å². The molecule has 0 fully saturated rings. The van der Waals surface area contributed by atoms with Gasteiger partial charge in [-0.2, -0.15) is 0 Å². The summed E-state index contributed by atoms with van der Waals surface area (Å²) in [5, 5.41) is 5.69. The van der Waals surface area contributed by atoms with Crippen LogP contribution in [0.4, 0.5) is 10.1 Å². The first kappa shape index (κ1) is 24.0. The Bertz CT molecular complexity index is 970. The van der Waals surface area contributed by atoms with E-state index in [1.54, 1.807) is 0 Å². The Balaban J connectivity index is 2.06. The average molecular weight is 435 g/mol. The lowest BCUT2D eigenvalue weighted by Gasteiger charge is -2.23. The van der Waals surface area contributed by atoms with Crippen molar-refractivity contribution in [3.8, 4) is 0 Å². The summed E-state index contributed by atoms with van der Waals surface area (Å²) in [6.45, 7) is 8.46. The molecule has 0 aliphatic heterocycles. The van der Waals surface area contributed by atoms with Gasteiger partial charge in [0.05, 0.1) is 17.1 Å². The molecule has 0 spiro atoms. The molecule has 164 valence electrons. The monoisotopic (exact) mass is 434 g/mol. The van der Waals surface area contributed by atoms with Gasteiger partial charge in [-0.05, 0) is 47.6 Å². The van der Waals surface area contributed by atoms with E-state index in [4.69, 9.17) is 0 Å². The molecule has 0 saturated carbocycles. The van der Waals surface area contributed by atoms with Crippen LogP contribution >= 0.6 is 0 Å². The zero-order chi connectivity index (χ0) is 22.5. The minimum absolute atomic E-state index is 0.0286. The number of carbonyl (C=O) groups is 1. The van der Waals surface area contributed by atoms with E-state index in [1.165, 1.54) is 11.6 Å². The minimum atomic E-state index is -3.50. The molecule has 0 saturated heterocycles. The second-order valence-corrected chi connectivity index (χ2v) is 10.4. The molecule has 0 heterocycles. The molecule has 0 unspecified atom stereocenters. The Kier molecular flexibility index (Phi) is 8.15. The summed E-state index contributed by atoms with van der Waals surface area (Å²) in [5.41, 5.74) is 2.20. The van der Waals surface area contributed by atoms with Gasteiger partial charge in [0.25, 0.3) is 0 Å². The highest BCUT2D eigenvalue weighted by Gasteiger charge is 2.18. The molecule has 2 aromatic carbocycles. The maximum atomic E-state index is 14.0. The van der Waals surface area contributed by atoms with E-state index in [0.717, 1.165) is 30.4 Å². The second-order valence-electron chi connectivity index (χ2n) is 8.40. The van der Waals surface area contributed by atoms with Crippen LogP contribution in [-0.2, 0) is 21.1 Å². The fraction of sp³-hybridized carbons (Fsp3) is 0.435. The summed E-state index contributed by atoms with van der Waals surface area (Å²) in [6, 6.07) is 11.7. The number of benzene rings is 2. The Hall–Kier alpha value is -2.25. The number of carbonyl (C=O) groups excluding carboxylic acids is 1. The van der Waals surface area contributed by atoms with Crippen LogP contribution in [0.25, 0.3) is 0 Å². The maximum Gasteiger partial charge on any atom is 0.238 e. The van der Waals surface area contributed by atoms with E-state index in [0.29, 0.717) is 5.92 Å².